The number of anilines is 5. The largest absolute Gasteiger partial charge is 0.507 e. The summed E-state index contributed by atoms with van der Waals surface area (Å²) in [7, 11) is 0. The molecule has 2 heterocycles. The number of hydrogen-bond donors (Lipinski definition) is 3. The van der Waals surface area contributed by atoms with Crippen molar-refractivity contribution in [3.05, 3.63) is 54.1 Å². The summed E-state index contributed by atoms with van der Waals surface area (Å²) in [6.07, 6.45) is 1.55. The van der Waals surface area contributed by atoms with Crippen molar-refractivity contribution in [2.75, 3.05) is 59.9 Å². The van der Waals surface area contributed by atoms with E-state index in [2.05, 4.69) is 49.5 Å². The highest BCUT2D eigenvalue weighted by Crippen LogP contribution is 2.24. The normalized spacial score (nSPS) is 13.8. The lowest BCUT2D eigenvalue weighted by Crippen LogP contribution is -2.37. The van der Waals surface area contributed by atoms with E-state index in [0.717, 1.165) is 24.5 Å². The lowest BCUT2D eigenvalue weighted by atomic mass is 10.2. The van der Waals surface area contributed by atoms with Crippen LogP contribution in [-0.2, 0) is 4.74 Å². The first-order valence-corrected chi connectivity index (χ1v) is 11.4. The molecular weight excluding hydrogens is 432 g/mol. The van der Waals surface area contributed by atoms with Gasteiger partial charge < -0.3 is 25.0 Å². The van der Waals surface area contributed by atoms with Gasteiger partial charge in [-0.2, -0.15) is 20.1 Å². The molecule has 0 aliphatic carbocycles. The van der Waals surface area contributed by atoms with Gasteiger partial charge in [0.25, 0.3) is 0 Å². The number of hydrogen-bond acceptors (Lipinski definition) is 10. The fourth-order valence-corrected chi connectivity index (χ4v) is 3.61. The third-order valence-electron chi connectivity index (χ3n) is 5.46. The average Bonchev–Trinajstić information content (AvgIpc) is 2.87. The van der Waals surface area contributed by atoms with Gasteiger partial charge in [-0.1, -0.05) is 18.2 Å². The van der Waals surface area contributed by atoms with Gasteiger partial charge in [-0.3, -0.25) is 0 Å². The highest BCUT2D eigenvalue weighted by Gasteiger charge is 2.17. The highest BCUT2D eigenvalue weighted by molar-refractivity contribution is 5.84. The van der Waals surface area contributed by atoms with Gasteiger partial charge in [0, 0.05) is 49.2 Å². The van der Waals surface area contributed by atoms with Gasteiger partial charge in [-0.25, -0.2) is 5.43 Å². The Labute approximate surface area is 199 Å². The number of phenols is 1. The minimum absolute atomic E-state index is 0.158. The molecule has 2 aromatic carbocycles. The summed E-state index contributed by atoms with van der Waals surface area (Å²) < 4.78 is 5.45. The minimum atomic E-state index is 0.158. The van der Waals surface area contributed by atoms with Crippen LogP contribution in [0.5, 0.6) is 5.75 Å². The van der Waals surface area contributed by atoms with E-state index in [9.17, 15) is 5.11 Å². The first-order chi connectivity index (χ1) is 16.7. The molecule has 0 spiro atoms. The molecule has 0 atom stereocenters. The number of phenolic OH excluding ortho intramolecular Hbond substituents is 1. The molecule has 0 bridgehead atoms. The van der Waals surface area contributed by atoms with Crippen molar-refractivity contribution in [2.24, 2.45) is 5.10 Å². The van der Waals surface area contributed by atoms with E-state index >= 15 is 0 Å². The zero-order chi connectivity index (χ0) is 23.8. The predicted octanol–water partition coefficient (Wildman–Crippen LogP) is 3.45. The fourth-order valence-electron chi connectivity index (χ4n) is 3.61. The second kappa shape index (κ2) is 11.3. The van der Waals surface area contributed by atoms with Crippen molar-refractivity contribution in [2.45, 2.75) is 13.8 Å². The van der Waals surface area contributed by atoms with E-state index in [-0.39, 0.29) is 5.75 Å². The third-order valence-corrected chi connectivity index (χ3v) is 5.46. The Hall–Kier alpha value is -3.92. The summed E-state index contributed by atoms with van der Waals surface area (Å²) in [6, 6.07) is 15.3. The van der Waals surface area contributed by atoms with Crippen LogP contribution in [0.25, 0.3) is 0 Å². The molecule has 0 saturated carbocycles. The standard InChI is InChI=1S/C24H30N8O2/c1-3-31(4-2)20-11-10-18(21(33)16-20)17-25-30-23-27-22(26-19-8-6-5-7-9-19)28-24(29-23)32-12-14-34-15-13-32/h5-11,16-17,33H,3-4,12-15H2,1-2H3,(H2,26,27,28,29,30)/b25-17+. The van der Waals surface area contributed by atoms with Crippen LogP contribution in [-0.4, -0.2) is 65.7 Å². The lowest BCUT2D eigenvalue weighted by molar-refractivity contribution is 0.122. The lowest BCUT2D eigenvalue weighted by Gasteiger charge is -2.27. The molecule has 0 amide bonds. The molecule has 10 heteroatoms. The van der Waals surface area contributed by atoms with Crippen LogP contribution >= 0.6 is 0 Å². The number of rotatable bonds is 9. The Balaban J connectivity index is 1.53. The van der Waals surface area contributed by atoms with Gasteiger partial charge in [0.15, 0.2) is 0 Å². The molecule has 10 nitrogen and oxygen atoms in total. The first kappa shape index (κ1) is 23.2. The van der Waals surface area contributed by atoms with Crippen molar-refractivity contribution in [3.8, 4) is 5.75 Å². The van der Waals surface area contributed by atoms with Crippen molar-refractivity contribution in [3.63, 3.8) is 0 Å². The average molecular weight is 463 g/mol. The predicted molar refractivity (Wildman–Crippen MR) is 135 cm³/mol. The van der Waals surface area contributed by atoms with Crippen LogP contribution in [0, 0.1) is 0 Å². The van der Waals surface area contributed by atoms with Crippen molar-refractivity contribution in [1.82, 2.24) is 15.0 Å². The fraction of sp³-hybridized carbons (Fsp3) is 0.333. The second-order valence-electron chi connectivity index (χ2n) is 7.66. The maximum absolute atomic E-state index is 10.4. The number of aromatic hydroxyl groups is 1. The zero-order valence-corrected chi connectivity index (χ0v) is 19.5. The molecule has 3 N–H and O–H groups in total. The molecule has 0 unspecified atom stereocenters. The molecule has 34 heavy (non-hydrogen) atoms. The van der Waals surface area contributed by atoms with E-state index in [0.29, 0.717) is 49.7 Å². The summed E-state index contributed by atoms with van der Waals surface area (Å²) in [5.41, 5.74) is 5.30. The van der Waals surface area contributed by atoms with Crippen molar-refractivity contribution >= 4 is 35.4 Å². The maximum Gasteiger partial charge on any atom is 0.250 e. The topological polar surface area (TPSA) is 111 Å². The van der Waals surface area contributed by atoms with E-state index in [1.54, 1.807) is 12.3 Å². The number of para-hydroxylation sites is 1. The number of nitrogens with zero attached hydrogens (tertiary/aromatic N) is 6. The summed E-state index contributed by atoms with van der Waals surface area (Å²) in [6.45, 7) is 8.55. The van der Waals surface area contributed by atoms with Crippen LogP contribution in [0.15, 0.2) is 53.6 Å². The number of benzene rings is 2. The Morgan fingerprint density at radius 2 is 1.76 bits per heavy atom. The first-order valence-electron chi connectivity index (χ1n) is 11.4. The van der Waals surface area contributed by atoms with Crippen LogP contribution < -0.4 is 20.5 Å². The van der Waals surface area contributed by atoms with Crippen molar-refractivity contribution in [1.29, 1.82) is 0 Å². The highest BCUT2D eigenvalue weighted by atomic mass is 16.5. The minimum Gasteiger partial charge on any atom is -0.507 e. The van der Waals surface area contributed by atoms with Gasteiger partial charge in [-0.05, 0) is 38.1 Å². The van der Waals surface area contributed by atoms with Gasteiger partial charge in [-0.15, -0.1) is 0 Å². The zero-order valence-electron chi connectivity index (χ0n) is 19.5. The SMILES string of the molecule is CCN(CC)c1ccc(/C=N/Nc2nc(Nc3ccccc3)nc(N3CCOCC3)n2)c(O)c1. The third kappa shape index (κ3) is 5.90. The molecule has 1 saturated heterocycles. The Morgan fingerprint density at radius 1 is 1.03 bits per heavy atom. The molecule has 178 valence electrons. The molecule has 1 aromatic heterocycles. The molecule has 1 fully saturated rings. The summed E-state index contributed by atoms with van der Waals surface area (Å²) in [4.78, 5) is 17.8. The van der Waals surface area contributed by atoms with Gasteiger partial charge in [0.1, 0.15) is 5.75 Å². The Bertz CT molecular complexity index is 1100. The number of ether oxygens (including phenoxy) is 1. The molecule has 0 radical (unpaired) electrons. The molecule has 1 aliphatic rings. The molecular formula is C24H30N8O2. The van der Waals surface area contributed by atoms with Crippen molar-refractivity contribution < 1.29 is 9.84 Å². The molecule has 3 aromatic rings. The summed E-state index contributed by atoms with van der Waals surface area (Å²) in [5, 5.41) is 17.9. The van der Waals surface area contributed by atoms with Crippen LogP contribution in [0.3, 0.4) is 0 Å². The maximum atomic E-state index is 10.4. The number of morpholine rings is 1. The number of hydrazone groups is 1. The second-order valence-corrected chi connectivity index (χ2v) is 7.66. The molecule has 1 aliphatic heterocycles. The number of nitrogens with one attached hydrogen (secondary N) is 2. The monoisotopic (exact) mass is 462 g/mol. The summed E-state index contributed by atoms with van der Waals surface area (Å²) in [5.74, 6) is 1.41. The number of aromatic nitrogens is 3. The van der Waals surface area contributed by atoms with E-state index in [1.807, 2.05) is 47.4 Å². The van der Waals surface area contributed by atoms with E-state index in [1.165, 1.54) is 0 Å². The van der Waals surface area contributed by atoms with E-state index < -0.39 is 0 Å². The Kier molecular flexibility index (Phi) is 7.71. The summed E-state index contributed by atoms with van der Waals surface area (Å²) >= 11 is 0. The van der Waals surface area contributed by atoms with Gasteiger partial charge in [0.2, 0.25) is 17.8 Å². The van der Waals surface area contributed by atoms with Crippen LogP contribution in [0.4, 0.5) is 29.2 Å². The smallest absolute Gasteiger partial charge is 0.250 e. The quantitative estimate of drug-likeness (QED) is 0.325. The van der Waals surface area contributed by atoms with Gasteiger partial charge in [0.05, 0.1) is 19.4 Å². The van der Waals surface area contributed by atoms with E-state index in [4.69, 9.17) is 4.74 Å². The van der Waals surface area contributed by atoms with Gasteiger partial charge >= 0.3 is 0 Å². The van der Waals surface area contributed by atoms with Crippen LogP contribution in [0.2, 0.25) is 0 Å². The van der Waals surface area contributed by atoms with Crippen LogP contribution in [0.1, 0.15) is 19.4 Å². The Morgan fingerprint density at radius 3 is 2.47 bits per heavy atom. The molecule has 4 rings (SSSR count).